The fourth-order valence-electron chi connectivity index (χ4n) is 2.13. The third kappa shape index (κ3) is 2.47. The minimum Gasteiger partial charge on any atom is -0.441 e. The van der Waals surface area contributed by atoms with E-state index in [-0.39, 0.29) is 0 Å². The molecule has 2 nitrogen and oxygen atoms in total. The van der Waals surface area contributed by atoms with E-state index in [2.05, 4.69) is 11.9 Å². The van der Waals surface area contributed by atoms with E-state index in [4.69, 9.17) is 16.0 Å². The van der Waals surface area contributed by atoms with Crippen LogP contribution in [0.25, 0.3) is 22.7 Å². The van der Waals surface area contributed by atoms with E-state index in [0.29, 0.717) is 5.89 Å². The Kier molecular flexibility index (Phi) is 3.57. The van der Waals surface area contributed by atoms with Crippen molar-refractivity contribution >= 4 is 11.6 Å². The van der Waals surface area contributed by atoms with Crippen molar-refractivity contribution in [3.8, 4) is 22.7 Å². The van der Waals surface area contributed by atoms with Crippen LogP contribution in [0.4, 0.5) is 0 Å². The largest absolute Gasteiger partial charge is 0.441 e. The fraction of sp³-hybridized carbons (Fsp3) is 0.118. The van der Waals surface area contributed by atoms with Gasteiger partial charge < -0.3 is 4.42 Å². The van der Waals surface area contributed by atoms with Crippen LogP contribution in [0, 0.1) is 0 Å². The maximum Gasteiger partial charge on any atom is 0.226 e. The van der Waals surface area contributed by atoms with E-state index in [9.17, 15) is 0 Å². The van der Waals surface area contributed by atoms with Gasteiger partial charge in [-0.05, 0) is 24.3 Å². The van der Waals surface area contributed by atoms with Gasteiger partial charge in [0, 0.05) is 22.6 Å². The number of benzene rings is 2. The number of hydrogen-bond acceptors (Lipinski definition) is 2. The number of rotatable bonds is 3. The van der Waals surface area contributed by atoms with Crippen LogP contribution in [0.2, 0.25) is 5.02 Å². The van der Waals surface area contributed by atoms with E-state index < -0.39 is 0 Å². The first kappa shape index (κ1) is 12.9. The van der Waals surface area contributed by atoms with Crippen molar-refractivity contribution in [1.29, 1.82) is 0 Å². The van der Waals surface area contributed by atoms with E-state index in [1.54, 1.807) is 0 Å². The molecular formula is C17H14ClNO. The zero-order valence-electron chi connectivity index (χ0n) is 11.1. The molecule has 0 aliphatic heterocycles. The monoisotopic (exact) mass is 283 g/mol. The summed E-state index contributed by atoms with van der Waals surface area (Å²) in [5.74, 6) is 1.55. The van der Waals surface area contributed by atoms with Gasteiger partial charge in [-0.2, -0.15) is 0 Å². The highest BCUT2D eigenvalue weighted by molar-refractivity contribution is 6.30. The van der Waals surface area contributed by atoms with Crippen molar-refractivity contribution < 1.29 is 4.42 Å². The molecule has 0 aliphatic carbocycles. The van der Waals surface area contributed by atoms with Crippen LogP contribution in [0.3, 0.4) is 0 Å². The summed E-state index contributed by atoms with van der Waals surface area (Å²) in [5, 5.41) is 0.721. The predicted octanol–water partition coefficient (Wildman–Crippen LogP) is 5.22. The smallest absolute Gasteiger partial charge is 0.226 e. The summed E-state index contributed by atoms with van der Waals surface area (Å²) in [7, 11) is 0. The lowest BCUT2D eigenvalue weighted by Crippen LogP contribution is -1.83. The predicted molar refractivity (Wildman–Crippen MR) is 81.8 cm³/mol. The lowest BCUT2D eigenvalue weighted by atomic mass is 10.1. The van der Waals surface area contributed by atoms with Gasteiger partial charge >= 0.3 is 0 Å². The highest BCUT2D eigenvalue weighted by Crippen LogP contribution is 2.29. The second kappa shape index (κ2) is 5.51. The Morgan fingerprint density at radius 3 is 2.30 bits per heavy atom. The van der Waals surface area contributed by atoms with Gasteiger partial charge in [0.25, 0.3) is 0 Å². The van der Waals surface area contributed by atoms with E-state index in [0.717, 1.165) is 34.0 Å². The summed E-state index contributed by atoms with van der Waals surface area (Å²) in [5.41, 5.74) is 2.91. The van der Waals surface area contributed by atoms with Gasteiger partial charge in [-0.15, -0.1) is 0 Å². The summed E-state index contributed by atoms with van der Waals surface area (Å²) < 4.78 is 5.89. The van der Waals surface area contributed by atoms with Crippen molar-refractivity contribution in [1.82, 2.24) is 4.98 Å². The quantitative estimate of drug-likeness (QED) is 0.658. The second-order valence-corrected chi connectivity index (χ2v) is 4.95. The number of halogens is 1. The number of nitrogens with zero attached hydrogens (tertiary/aromatic N) is 1. The molecule has 0 unspecified atom stereocenters. The van der Waals surface area contributed by atoms with Crippen molar-refractivity contribution in [3.63, 3.8) is 0 Å². The summed E-state index contributed by atoms with van der Waals surface area (Å²) in [4.78, 5) is 4.64. The Morgan fingerprint density at radius 1 is 0.950 bits per heavy atom. The minimum atomic E-state index is 0.660. The van der Waals surface area contributed by atoms with Gasteiger partial charge in [-0.25, -0.2) is 4.98 Å². The van der Waals surface area contributed by atoms with Crippen LogP contribution in [0.15, 0.2) is 59.0 Å². The average molecular weight is 284 g/mol. The van der Waals surface area contributed by atoms with Crippen LogP contribution in [-0.4, -0.2) is 4.98 Å². The van der Waals surface area contributed by atoms with Crippen LogP contribution < -0.4 is 0 Å². The maximum absolute atomic E-state index is 5.93. The topological polar surface area (TPSA) is 26.0 Å². The Labute approximate surface area is 123 Å². The first-order valence-corrected chi connectivity index (χ1v) is 6.97. The molecule has 1 aromatic heterocycles. The average Bonchev–Trinajstić information content (AvgIpc) is 2.93. The summed E-state index contributed by atoms with van der Waals surface area (Å²) in [6, 6.07) is 17.6. The lowest BCUT2D eigenvalue weighted by molar-refractivity contribution is 0.525. The molecule has 3 rings (SSSR count). The molecule has 20 heavy (non-hydrogen) atoms. The zero-order chi connectivity index (χ0) is 13.9. The second-order valence-electron chi connectivity index (χ2n) is 4.52. The van der Waals surface area contributed by atoms with Gasteiger partial charge in [-0.1, -0.05) is 48.9 Å². The third-order valence-electron chi connectivity index (χ3n) is 3.16. The van der Waals surface area contributed by atoms with Crippen molar-refractivity contribution in [2.45, 2.75) is 13.3 Å². The molecule has 0 saturated carbocycles. The molecule has 0 saturated heterocycles. The molecule has 2 aromatic carbocycles. The maximum atomic E-state index is 5.93. The molecule has 0 bridgehead atoms. The molecule has 1 heterocycles. The third-order valence-corrected chi connectivity index (χ3v) is 3.41. The van der Waals surface area contributed by atoms with E-state index in [1.165, 1.54) is 0 Å². The van der Waals surface area contributed by atoms with Crippen LogP contribution in [0.1, 0.15) is 12.7 Å². The number of aromatic nitrogens is 1. The van der Waals surface area contributed by atoms with Crippen molar-refractivity contribution in [2.24, 2.45) is 0 Å². The molecule has 0 spiro atoms. The van der Waals surface area contributed by atoms with Crippen molar-refractivity contribution in [2.75, 3.05) is 0 Å². The first-order valence-electron chi connectivity index (χ1n) is 6.59. The molecule has 0 N–H and O–H groups in total. The van der Waals surface area contributed by atoms with Gasteiger partial charge in [0.15, 0.2) is 0 Å². The standard InChI is InChI=1S/C17H14ClNO/c1-2-15-16(12-8-10-14(18)11-9-12)19-17(20-15)13-6-4-3-5-7-13/h3-11H,2H2,1H3. The van der Waals surface area contributed by atoms with Crippen LogP contribution in [0.5, 0.6) is 0 Å². The molecule has 3 heteroatoms. The zero-order valence-corrected chi connectivity index (χ0v) is 11.9. The lowest BCUT2D eigenvalue weighted by Gasteiger charge is -1.98. The molecule has 100 valence electrons. The Morgan fingerprint density at radius 2 is 1.65 bits per heavy atom. The molecule has 0 fully saturated rings. The number of hydrogen-bond donors (Lipinski definition) is 0. The molecule has 3 aromatic rings. The van der Waals surface area contributed by atoms with Gasteiger partial charge in [0.2, 0.25) is 5.89 Å². The molecule has 0 atom stereocenters. The molecular weight excluding hydrogens is 270 g/mol. The van der Waals surface area contributed by atoms with Gasteiger partial charge in [0.05, 0.1) is 0 Å². The normalized spacial score (nSPS) is 10.7. The SMILES string of the molecule is CCc1oc(-c2ccccc2)nc1-c1ccc(Cl)cc1. The molecule has 0 radical (unpaired) electrons. The Balaban J connectivity index is 2.07. The number of aryl methyl sites for hydroxylation is 1. The number of oxazole rings is 1. The Hall–Kier alpha value is -2.06. The highest BCUT2D eigenvalue weighted by Gasteiger charge is 2.14. The van der Waals surface area contributed by atoms with Crippen molar-refractivity contribution in [3.05, 3.63) is 65.4 Å². The first-order chi connectivity index (χ1) is 9.78. The van der Waals surface area contributed by atoms with E-state index >= 15 is 0 Å². The van der Waals surface area contributed by atoms with E-state index in [1.807, 2.05) is 54.6 Å². The summed E-state index contributed by atoms with van der Waals surface area (Å²) in [6.45, 7) is 2.06. The van der Waals surface area contributed by atoms with Crippen LogP contribution >= 0.6 is 11.6 Å². The summed E-state index contributed by atoms with van der Waals surface area (Å²) >= 11 is 5.93. The summed E-state index contributed by atoms with van der Waals surface area (Å²) in [6.07, 6.45) is 0.803. The Bertz CT molecular complexity index is 702. The highest BCUT2D eigenvalue weighted by atomic mass is 35.5. The fourth-order valence-corrected chi connectivity index (χ4v) is 2.25. The molecule has 0 aliphatic rings. The van der Waals surface area contributed by atoms with Gasteiger partial charge in [0.1, 0.15) is 11.5 Å². The minimum absolute atomic E-state index is 0.660. The van der Waals surface area contributed by atoms with Crippen LogP contribution in [-0.2, 0) is 6.42 Å². The van der Waals surface area contributed by atoms with Gasteiger partial charge in [-0.3, -0.25) is 0 Å². The molecule has 0 amide bonds.